The maximum absolute atomic E-state index is 13.7. The van der Waals surface area contributed by atoms with Crippen LogP contribution in [-0.2, 0) is 47.2 Å². The zero-order valence-corrected chi connectivity index (χ0v) is 41.5. The number of carbonyl (C=O) groups is 3. The zero-order chi connectivity index (χ0) is 48.6. The Kier molecular flexibility index (Phi) is 33.1. The first kappa shape index (κ1) is 60.4. The van der Waals surface area contributed by atoms with E-state index in [2.05, 4.69) is 26.1 Å². The van der Waals surface area contributed by atoms with E-state index in [1.165, 1.54) is 64.2 Å². The molecule has 17 nitrogen and oxygen atoms in total. The van der Waals surface area contributed by atoms with Gasteiger partial charge >= 0.3 is 19.8 Å². The Bertz CT molecular complexity index is 1320. The SMILES string of the molecule is CCCCCCCCCCCC(=O)N[C@H]1[C@H](OC(=O)CCCCCCCCCCC)O[C@H](CO[C@H]2O[C@H](CO)[C@@H](O)[C@H](O)[C@H]2O)[C@@H](OP(=O)(O)O)[C@@H]1OC(=O)CCCCCCCCCCC. The molecule has 18 heteroatoms. The average Bonchev–Trinajstić information content (AvgIpc) is 3.28. The average molecular weight is 968 g/mol. The van der Waals surface area contributed by atoms with Gasteiger partial charge in [-0.15, -0.1) is 0 Å². The van der Waals surface area contributed by atoms with E-state index < -0.39 is 100 Å². The van der Waals surface area contributed by atoms with Gasteiger partial charge in [0.25, 0.3) is 0 Å². The molecule has 0 saturated carbocycles. The van der Waals surface area contributed by atoms with E-state index >= 15 is 0 Å². The molecule has 2 rings (SSSR count). The van der Waals surface area contributed by atoms with Gasteiger partial charge in [0, 0.05) is 19.3 Å². The number of unbranched alkanes of at least 4 members (excludes halogenated alkanes) is 24. The van der Waals surface area contributed by atoms with E-state index in [4.69, 9.17) is 28.2 Å². The van der Waals surface area contributed by atoms with Crippen LogP contribution < -0.4 is 5.32 Å². The molecule has 66 heavy (non-hydrogen) atoms. The molecule has 2 fully saturated rings. The highest BCUT2D eigenvalue weighted by Crippen LogP contribution is 2.43. The number of carbonyl (C=O) groups excluding carboxylic acids is 3. The van der Waals surface area contributed by atoms with Gasteiger partial charge in [-0.3, -0.25) is 18.9 Å². The molecule has 0 spiro atoms. The fourth-order valence-corrected chi connectivity index (χ4v) is 9.10. The Balaban J connectivity index is 2.36. The molecule has 0 bridgehead atoms. The van der Waals surface area contributed by atoms with Gasteiger partial charge in [-0.05, 0) is 19.3 Å². The van der Waals surface area contributed by atoms with Crippen molar-refractivity contribution in [3.63, 3.8) is 0 Å². The minimum Gasteiger partial charge on any atom is -0.457 e. The van der Waals surface area contributed by atoms with E-state index in [1.54, 1.807) is 0 Å². The molecule has 0 aliphatic carbocycles. The van der Waals surface area contributed by atoms with Crippen molar-refractivity contribution < 1.29 is 77.4 Å². The van der Waals surface area contributed by atoms with Crippen LogP contribution in [-0.4, -0.2) is 123 Å². The highest BCUT2D eigenvalue weighted by molar-refractivity contribution is 7.46. The van der Waals surface area contributed by atoms with Gasteiger partial charge in [0.15, 0.2) is 12.4 Å². The summed E-state index contributed by atoms with van der Waals surface area (Å²) in [5, 5.41) is 43.9. The summed E-state index contributed by atoms with van der Waals surface area (Å²) in [5.41, 5.74) is 0. The highest BCUT2D eigenvalue weighted by atomic mass is 31.2. The monoisotopic (exact) mass is 968 g/mol. The lowest BCUT2D eigenvalue weighted by atomic mass is 9.95. The van der Waals surface area contributed by atoms with Crippen molar-refractivity contribution >= 4 is 25.7 Å². The second-order valence-corrected chi connectivity index (χ2v) is 19.6. The summed E-state index contributed by atoms with van der Waals surface area (Å²) in [6.45, 7) is 5.05. The summed E-state index contributed by atoms with van der Waals surface area (Å²) < 4.78 is 47.1. The van der Waals surface area contributed by atoms with Crippen molar-refractivity contribution in [2.75, 3.05) is 13.2 Å². The lowest BCUT2D eigenvalue weighted by Gasteiger charge is -2.46. The van der Waals surface area contributed by atoms with Gasteiger partial charge < -0.3 is 59.2 Å². The first-order valence-electron chi connectivity index (χ1n) is 25.8. The molecule has 7 N–H and O–H groups in total. The van der Waals surface area contributed by atoms with Crippen LogP contribution in [0.3, 0.4) is 0 Å². The summed E-state index contributed by atoms with van der Waals surface area (Å²) >= 11 is 0. The van der Waals surface area contributed by atoms with Gasteiger partial charge in [-0.1, -0.05) is 175 Å². The molecule has 0 aromatic carbocycles. The van der Waals surface area contributed by atoms with Crippen LogP contribution in [0.25, 0.3) is 0 Å². The van der Waals surface area contributed by atoms with Gasteiger partial charge in [-0.25, -0.2) is 4.57 Å². The number of phosphoric acid groups is 1. The van der Waals surface area contributed by atoms with Gasteiger partial charge in [0.05, 0.1) is 13.2 Å². The number of aliphatic hydroxyl groups excluding tert-OH is 4. The third-order valence-electron chi connectivity index (χ3n) is 12.5. The summed E-state index contributed by atoms with van der Waals surface area (Å²) in [6.07, 6.45) is 12.1. The van der Waals surface area contributed by atoms with Crippen molar-refractivity contribution in [1.82, 2.24) is 5.32 Å². The van der Waals surface area contributed by atoms with Crippen molar-refractivity contribution in [3.05, 3.63) is 0 Å². The van der Waals surface area contributed by atoms with Crippen LogP contribution in [0.2, 0.25) is 0 Å². The zero-order valence-electron chi connectivity index (χ0n) is 40.6. The minimum atomic E-state index is -5.41. The maximum Gasteiger partial charge on any atom is 0.470 e. The minimum absolute atomic E-state index is 0.00626. The van der Waals surface area contributed by atoms with Crippen LogP contribution in [0, 0.1) is 0 Å². The van der Waals surface area contributed by atoms with E-state index in [9.17, 15) is 49.2 Å². The number of aliphatic hydroxyl groups is 4. The lowest BCUT2D eigenvalue weighted by Crippen LogP contribution is -2.67. The molecule has 2 aliphatic rings. The third-order valence-corrected chi connectivity index (χ3v) is 13.0. The first-order chi connectivity index (χ1) is 31.8. The fraction of sp³-hybridized carbons (Fsp3) is 0.938. The van der Waals surface area contributed by atoms with E-state index in [0.29, 0.717) is 19.3 Å². The predicted molar refractivity (Wildman–Crippen MR) is 249 cm³/mol. The van der Waals surface area contributed by atoms with Crippen molar-refractivity contribution in [2.24, 2.45) is 0 Å². The topological polar surface area (TPSA) is 257 Å². The number of hydrogen-bond acceptors (Lipinski definition) is 14. The second-order valence-electron chi connectivity index (χ2n) is 18.4. The lowest BCUT2D eigenvalue weighted by molar-refractivity contribution is -0.318. The van der Waals surface area contributed by atoms with Crippen LogP contribution in [0.15, 0.2) is 0 Å². The maximum atomic E-state index is 13.7. The Labute approximate surface area is 395 Å². The molecule has 388 valence electrons. The molecule has 2 heterocycles. The Morgan fingerprint density at radius 2 is 0.924 bits per heavy atom. The standard InChI is InChI=1S/C48H90NO16P/c1-4-7-10-13-16-19-22-25-28-31-38(51)49-41-46(63-39(52)32-29-26-23-20-17-14-11-8-5-2)45(65-66(57,58)59)37(35-60-48-44(56)43(55)42(54)36(34-50)61-48)62-47(41)64-40(53)33-30-27-24-21-18-15-12-9-6-3/h36-37,41-48,50,54-56H,4-35H2,1-3H3,(H,49,51)(H2,57,58,59)/t36-,37-,41-,42-,43+,44-,45-,46-,47+,48+/m1/s1. The normalized spacial score (nSPS) is 25.7. The molecule has 2 saturated heterocycles. The Hall–Kier alpha value is -1.76. The molecule has 0 unspecified atom stereocenters. The van der Waals surface area contributed by atoms with Gasteiger partial charge in [0.1, 0.15) is 42.7 Å². The predicted octanol–water partition coefficient (Wildman–Crippen LogP) is 7.71. The number of nitrogens with one attached hydrogen (secondary N) is 1. The number of hydrogen-bond donors (Lipinski definition) is 7. The number of esters is 2. The third kappa shape index (κ3) is 25.7. The molecule has 10 atom stereocenters. The number of phosphoric ester groups is 1. The van der Waals surface area contributed by atoms with Crippen LogP contribution in [0.1, 0.15) is 213 Å². The number of ether oxygens (including phenoxy) is 5. The van der Waals surface area contributed by atoms with Crippen molar-refractivity contribution in [1.29, 1.82) is 0 Å². The van der Waals surface area contributed by atoms with Crippen molar-refractivity contribution in [3.8, 4) is 0 Å². The van der Waals surface area contributed by atoms with Gasteiger partial charge in [-0.2, -0.15) is 0 Å². The molecular weight excluding hydrogens is 877 g/mol. The summed E-state index contributed by atoms with van der Waals surface area (Å²) in [6, 6.07) is -1.48. The summed E-state index contributed by atoms with van der Waals surface area (Å²) in [4.78, 5) is 61.2. The Morgan fingerprint density at radius 1 is 0.515 bits per heavy atom. The highest BCUT2D eigenvalue weighted by Gasteiger charge is 2.54. The largest absolute Gasteiger partial charge is 0.470 e. The van der Waals surface area contributed by atoms with Gasteiger partial charge in [0.2, 0.25) is 12.2 Å². The number of amides is 1. The molecule has 2 aliphatic heterocycles. The number of rotatable bonds is 39. The quantitative estimate of drug-likeness (QED) is 0.0177. The van der Waals surface area contributed by atoms with E-state index in [0.717, 1.165) is 89.9 Å². The summed E-state index contributed by atoms with van der Waals surface area (Å²) in [5.74, 6) is -1.91. The second kappa shape index (κ2) is 36.2. The Morgan fingerprint density at radius 3 is 1.36 bits per heavy atom. The molecule has 0 aromatic heterocycles. The molecular formula is C48H90NO16P. The molecule has 1 amide bonds. The van der Waals surface area contributed by atoms with Crippen LogP contribution in [0.4, 0.5) is 0 Å². The van der Waals surface area contributed by atoms with E-state index in [-0.39, 0.29) is 19.3 Å². The fourth-order valence-electron chi connectivity index (χ4n) is 8.53. The van der Waals surface area contributed by atoms with E-state index in [1.807, 2.05) is 0 Å². The smallest absolute Gasteiger partial charge is 0.457 e. The van der Waals surface area contributed by atoms with Crippen molar-refractivity contribution in [2.45, 2.75) is 275 Å². The van der Waals surface area contributed by atoms with Crippen LogP contribution >= 0.6 is 7.82 Å². The molecule has 0 radical (unpaired) electrons. The molecule has 0 aromatic rings. The summed E-state index contributed by atoms with van der Waals surface area (Å²) in [7, 11) is -5.41. The van der Waals surface area contributed by atoms with Crippen LogP contribution in [0.5, 0.6) is 0 Å². The first-order valence-corrected chi connectivity index (χ1v) is 27.3.